The molecule has 2 rings (SSSR count). The lowest BCUT2D eigenvalue weighted by atomic mass is 10.1. The van der Waals surface area contributed by atoms with Crippen molar-refractivity contribution in [3.8, 4) is 0 Å². The minimum atomic E-state index is -0.104. The van der Waals surface area contributed by atoms with Gasteiger partial charge in [0.25, 0.3) is 0 Å². The zero-order valence-corrected chi connectivity index (χ0v) is 14.9. The SMILES string of the molecule is O=C(CCCBr)Nc1c(Cl)ncnc1NCCc1ccccc1. The molecule has 23 heavy (non-hydrogen) atoms. The highest BCUT2D eigenvalue weighted by atomic mass is 79.9. The molecule has 0 bridgehead atoms. The van der Waals surface area contributed by atoms with Gasteiger partial charge in [-0.1, -0.05) is 57.9 Å². The van der Waals surface area contributed by atoms with Crippen LogP contribution in [0.15, 0.2) is 36.7 Å². The molecule has 0 aliphatic carbocycles. The Morgan fingerprint density at radius 2 is 2.00 bits per heavy atom. The number of hydrogen-bond acceptors (Lipinski definition) is 4. The molecule has 0 atom stereocenters. The fraction of sp³-hybridized carbons (Fsp3) is 0.312. The van der Waals surface area contributed by atoms with Crippen LogP contribution in [-0.4, -0.2) is 27.7 Å². The number of carbonyl (C=O) groups excluding carboxylic acids is 1. The van der Waals surface area contributed by atoms with E-state index >= 15 is 0 Å². The molecule has 2 N–H and O–H groups in total. The Bertz CT molecular complexity index is 639. The number of carbonyl (C=O) groups is 1. The Balaban J connectivity index is 1.98. The highest BCUT2D eigenvalue weighted by molar-refractivity contribution is 9.09. The lowest BCUT2D eigenvalue weighted by Gasteiger charge is -2.12. The molecule has 0 aliphatic rings. The monoisotopic (exact) mass is 396 g/mol. The highest BCUT2D eigenvalue weighted by Crippen LogP contribution is 2.26. The van der Waals surface area contributed by atoms with Gasteiger partial charge >= 0.3 is 0 Å². The van der Waals surface area contributed by atoms with E-state index in [-0.39, 0.29) is 11.1 Å². The Hall–Kier alpha value is -1.66. The number of benzene rings is 1. The molecular weight excluding hydrogens is 380 g/mol. The first kappa shape index (κ1) is 17.7. The molecule has 7 heteroatoms. The number of halogens is 2. The van der Waals surface area contributed by atoms with Crippen molar-refractivity contribution in [2.24, 2.45) is 0 Å². The molecule has 0 unspecified atom stereocenters. The number of aromatic nitrogens is 2. The van der Waals surface area contributed by atoms with Crippen molar-refractivity contribution in [2.45, 2.75) is 19.3 Å². The van der Waals surface area contributed by atoms with Crippen LogP contribution < -0.4 is 10.6 Å². The van der Waals surface area contributed by atoms with Gasteiger partial charge in [-0.25, -0.2) is 9.97 Å². The molecule has 1 heterocycles. The summed E-state index contributed by atoms with van der Waals surface area (Å²) in [4.78, 5) is 20.0. The topological polar surface area (TPSA) is 66.9 Å². The first-order chi connectivity index (χ1) is 11.2. The van der Waals surface area contributed by atoms with Crippen LogP contribution in [0, 0.1) is 0 Å². The maximum absolute atomic E-state index is 11.9. The van der Waals surface area contributed by atoms with Crippen LogP contribution in [0.5, 0.6) is 0 Å². The molecule has 0 fully saturated rings. The van der Waals surface area contributed by atoms with E-state index in [1.165, 1.54) is 11.9 Å². The maximum atomic E-state index is 11.9. The van der Waals surface area contributed by atoms with E-state index in [9.17, 15) is 4.79 Å². The van der Waals surface area contributed by atoms with Crippen molar-refractivity contribution in [3.63, 3.8) is 0 Å². The van der Waals surface area contributed by atoms with Gasteiger partial charge in [-0.2, -0.15) is 0 Å². The predicted octanol–water partition coefficient (Wildman–Crippen LogP) is 3.90. The van der Waals surface area contributed by atoms with Crippen molar-refractivity contribution in [2.75, 3.05) is 22.5 Å². The molecule has 1 aromatic carbocycles. The quantitative estimate of drug-likeness (QED) is 0.524. The van der Waals surface area contributed by atoms with Gasteiger partial charge in [-0.15, -0.1) is 0 Å². The van der Waals surface area contributed by atoms with Gasteiger partial charge < -0.3 is 10.6 Å². The fourth-order valence-electron chi connectivity index (χ4n) is 2.01. The van der Waals surface area contributed by atoms with E-state index in [4.69, 9.17) is 11.6 Å². The molecule has 5 nitrogen and oxygen atoms in total. The van der Waals surface area contributed by atoms with Crippen LogP contribution in [0.4, 0.5) is 11.5 Å². The third-order valence-corrected chi connectivity index (χ3v) is 4.00. The van der Waals surface area contributed by atoms with Crippen LogP contribution in [0.2, 0.25) is 5.15 Å². The molecule has 122 valence electrons. The average Bonchev–Trinajstić information content (AvgIpc) is 2.57. The predicted molar refractivity (Wildman–Crippen MR) is 97.3 cm³/mol. The fourth-order valence-corrected chi connectivity index (χ4v) is 2.47. The van der Waals surface area contributed by atoms with Crippen LogP contribution in [0.25, 0.3) is 0 Å². The van der Waals surface area contributed by atoms with Crippen molar-refractivity contribution < 1.29 is 4.79 Å². The lowest BCUT2D eigenvalue weighted by molar-refractivity contribution is -0.116. The Morgan fingerprint density at radius 1 is 1.22 bits per heavy atom. The van der Waals surface area contributed by atoms with Crippen LogP contribution in [0.3, 0.4) is 0 Å². The minimum absolute atomic E-state index is 0.104. The van der Waals surface area contributed by atoms with Crippen molar-refractivity contribution >= 4 is 44.9 Å². The average molecular weight is 398 g/mol. The van der Waals surface area contributed by atoms with Crippen LogP contribution in [0.1, 0.15) is 18.4 Å². The maximum Gasteiger partial charge on any atom is 0.224 e. The van der Waals surface area contributed by atoms with Gasteiger partial charge in [-0.3, -0.25) is 4.79 Å². The third kappa shape index (κ3) is 5.80. The zero-order chi connectivity index (χ0) is 16.5. The second-order valence-corrected chi connectivity index (χ2v) is 6.04. The van der Waals surface area contributed by atoms with E-state index in [1.807, 2.05) is 18.2 Å². The van der Waals surface area contributed by atoms with Crippen molar-refractivity contribution in [3.05, 3.63) is 47.4 Å². The van der Waals surface area contributed by atoms with Crippen LogP contribution >= 0.6 is 27.5 Å². The van der Waals surface area contributed by atoms with E-state index in [0.29, 0.717) is 24.5 Å². The van der Waals surface area contributed by atoms with Gasteiger partial charge in [-0.05, 0) is 18.4 Å². The Labute approximate surface area is 149 Å². The summed E-state index contributed by atoms with van der Waals surface area (Å²) in [6.45, 7) is 0.682. The van der Waals surface area contributed by atoms with Gasteiger partial charge in [0, 0.05) is 18.3 Å². The van der Waals surface area contributed by atoms with E-state index in [2.05, 4.69) is 48.7 Å². The number of hydrogen-bond donors (Lipinski definition) is 2. The first-order valence-corrected chi connectivity index (χ1v) is 8.84. The molecule has 0 aliphatic heterocycles. The number of alkyl halides is 1. The Morgan fingerprint density at radius 3 is 2.74 bits per heavy atom. The number of amides is 1. The number of anilines is 2. The van der Waals surface area contributed by atoms with Gasteiger partial charge in [0.2, 0.25) is 5.91 Å². The van der Waals surface area contributed by atoms with E-state index in [0.717, 1.165) is 18.2 Å². The summed E-state index contributed by atoms with van der Waals surface area (Å²) in [6, 6.07) is 10.1. The highest BCUT2D eigenvalue weighted by Gasteiger charge is 2.12. The van der Waals surface area contributed by atoms with E-state index in [1.54, 1.807) is 0 Å². The molecule has 0 radical (unpaired) electrons. The van der Waals surface area contributed by atoms with Gasteiger partial charge in [0.15, 0.2) is 11.0 Å². The normalized spacial score (nSPS) is 10.3. The van der Waals surface area contributed by atoms with E-state index < -0.39 is 0 Å². The molecule has 1 aromatic heterocycles. The number of nitrogens with one attached hydrogen (secondary N) is 2. The van der Waals surface area contributed by atoms with Gasteiger partial charge in [0.1, 0.15) is 12.0 Å². The summed E-state index contributed by atoms with van der Waals surface area (Å²) >= 11 is 9.39. The first-order valence-electron chi connectivity index (χ1n) is 7.35. The van der Waals surface area contributed by atoms with Crippen LogP contribution in [-0.2, 0) is 11.2 Å². The molecule has 1 amide bonds. The third-order valence-electron chi connectivity index (χ3n) is 3.15. The molecule has 0 saturated heterocycles. The minimum Gasteiger partial charge on any atom is -0.368 e. The molecule has 0 saturated carbocycles. The molecule has 0 spiro atoms. The largest absolute Gasteiger partial charge is 0.368 e. The zero-order valence-electron chi connectivity index (χ0n) is 12.6. The van der Waals surface area contributed by atoms with Crippen molar-refractivity contribution in [1.29, 1.82) is 0 Å². The second-order valence-electron chi connectivity index (χ2n) is 4.89. The molecular formula is C16H18BrClN4O. The summed E-state index contributed by atoms with van der Waals surface area (Å²) in [5.41, 5.74) is 1.66. The second kappa shape index (κ2) is 9.47. The Kier molecular flexibility index (Phi) is 7.29. The molecule has 2 aromatic rings. The summed E-state index contributed by atoms with van der Waals surface area (Å²) in [5.74, 6) is 0.431. The number of nitrogens with zero attached hydrogens (tertiary/aromatic N) is 2. The smallest absolute Gasteiger partial charge is 0.224 e. The summed E-state index contributed by atoms with van der Waals surface area (Å²) in [6.07, 6.45) is 3.40. The summed E-state index contributed by atoms with van der Waals surface area (Å²) in [7, 11) is 0. The standard InChI is InChI=1S/C16H18BrClN4O/c17-9-4-7-13(23)22-14-15(18)20-11-21-16(14)19-10-8-12-5-2-1-3-6-12/h1-3,5-6,11H,4,7-10H2,(H,22,23)(H,19,20,21). The lowest BCUT2D eigenvalue weighted by Crippen LogP contribution is -2.16. The number of rotatable bonds is 8. The summed E-state index contributed by atoms with van der Waals surface area (Å²) in [5, 5.41) is 7.00. The van der Waals surface area contributed by atoms with Gasteiger partial charge in [0.05, 0.1) is 0 Å². The summed E-state index contributed by atoms with van der Waals surface area (Å²) < 4.78 is 0. The van der Waals surface area contributed by atoms with Crippen molar-refractivity contribution in [1.82, 2.24) is 9.97 Å².